The SMILES string of the molecule is CCCN(C(=O)COCCOC)c1ccc(N)cc1. The largest absolute Gasteiger partial charge is 0.399 e. The van der Waals surface area contributed by atoms with E-state index in [9.17, 15) is 4.79 Å². The van der Waals surface area contributed by atoms with Crippen LogP contribution < -0.4 is 10.6 Å². The Morgan fingerprint density at radius 1 is 1.26 bits per heavy atom. The lowest BCUT2D eigenvalue weighted by Gasteiger charge is -2.22. The van der Waals surface area contributed by atoms with E-state index in [1.165, 1.54) is 0 Å². The van der Waals surface area contributed by atoms with E-state index in [1.807, 2.05) is 19.1 Å². The molecule has 0 fully saturated rings. The molecule has 5 heteroatoms. The van der Waals surface area contributed by atoms with Crippen LogP contribution in [0, 0.1) is 0 Å². The molecule has 0 atom stereocenters. The number of nitrogens with two attached hydrogens (primary N) is 1. The van der Waals surface area contributed by atoms with Crippen molar-refractivity contribution in [3.8, 4) is 0 Å². The Bertz CT molecular complexity index is 379. The van der Waals surface area contributed by atoms with Crippen LogP contribution in [0.25, 0.3) is 0 Å². The van der Waals surface area contributed by atoms with Crippen LogP contribution >= 0.6 is 0 Å². The second-order valence-corrected chi connectivity index (χ2v) is 4.18. The molecule has 1 amide bonds. The smallest absolute Gasteiger partial charge is 0.252 e. The predicted molar refractivity (Wildman–Crippen MR) is 76.2 cm³/mol. The number of rotatable bonds is 8. The summed E-state index contributed by atoms with van der Waals surface area (Å²) in [4.78, 5) is 13.8. The average Bonchev–Trinajstić information content (AvgIpc) is 2.42. The summed E-state index contributed by atoms with van der Waals surface area (Å²) in [5.74, 6) is -0.0530. The van der Waals surface area contributed by atoms with E-state index in [-0.39, 0.29) is 12.5 Å². The Morgan fingerprint density at radius 3 is 2.53 bits per heavy atom. The Hall–Kier alpha value is -1.59. The maximum Gasteiger partial charge on any atom is 0.252 e. The molecule has 5 nitrogen and oxygen atoms in total. The molecule has 0 saturated carbocycles. The van der Waals surface area contributed by atoms with Crippen LogP contribution in [0.5, 0.6) is 0 Å². The first-order valence-corrected chi connectivity index (χ1v) is 6.41. The maximum absolute atomic E-state index is 12.1. The van der Waals surface area contributed by atoms with Crippen LogP contribution in [-0.4, -0.2) is 39.4 Å². The van der Waals surface area contributed by atoms with Gasteiger partial charge in [-0.25, -0.2) is 0 Å². The third kappa shape index (κ3) is 5.28. The number of benzene rings is 1. The van der Waals surface area contributed by atoms with Gasteiger partial charge in [-0.15, -0.1) is 0 Å². The summed E-state index contributed by atoms with van der Waals surface area (Å²) in [6.45, 7) is 3.67. The molecule has 0 saturated heterocycles. The fourth-order valence-electron chi connectivity index (χ4n) is 1.66. The van der Waals surface area contributed by atoms with Crippen LogP contribution in [0.15, 0.2) is 24.3 Å². The molecule has 19 heavy (non-hydrogen) atoms. The highest BCUT2D eigenvalue weighted by Crippen LogP contribution is 2.17. The van der Waals surface area contributed by atoms with Gasteiger partial charge >= 0.3 is 0 Å². The van der Waals surface area contributed by atoms with Gasteiger partial charge < -0.3 is 20.1 Å². The van der Waals surface area contributed by atoms with Crippen LogP contribution in [0.4, 0.5) is 11.4 Å². The maximum atomic E-state index is 12.1. The molecule has 0 aliphatic rings. The van der Waals surface area contributed by atoms with Gasteiger partial charge in [-0.2, -0.15) is 0 Å². The van der Waals surface area contributed by atoms with Crippen molar-refractivity contribution in [1.29, 1.82) is 0 Å². The second kappa shape index (κ2) is 8.50. The van der Waals surface area contributed by atoms with Crippen LogP contribution in [0.1, 0.15) is 13.3 Å². The number of carbonyl (C=O) groups excluding carboxylic acids is 1. The zero-order chi connectivity index (χ0) is 14.1. The number of nitrogens with zero attached hydrogens (tertiary/aromatic N) is 1. The number of hydrogen-bond acceptors (Lipinski definition) is 4. The molecule has 0 aliphatic carbocycles. The average molecular weight is 266 g/mol. The summed E-state index contributed by atoms with van der Waals surface area (Å²) in [6, 6.07) is 7.27. The van der Waals surface area contributed by atoms with Gasteiger partial charge in [0.15, 0.2) is 0 Å². The third-order valence-corrected chi connectivity index (χ3v) is 2.61. The lowest BCUT2D eigenvalue weighted by Crippen LogP contribution is -2.35. The molecule has 1 aromatic carbocycles. The fraction of sp³-hybridized carbons (Fsp3) is 0.500. The molecule has 0 aromatic heterocycles. The van der Waals surface area contributed by atoms with E-state index < -0.39 is 0 Å². The summed E-state index contributed by atoms with van der Waals surface area (Å²) >= 11 is 0. The Labute approximate surface area is 114 Å². The van der Waals surface area contributed by atoms with Gasteiger partial charge in [-0.05, 0) is 30.7 Å². The van der Waals surface area contributed by atoms with E-state index in [1.54, 1.807) is 24.1 Å². The zero-order valence-electron chi connectivity index (χ0n) is 11.6. The number of carbonyl (C=O) groups is 1. The molecule has 1 aromatic rings. The van der Waals surface area contributed by atoms with Crippen molar-refractivity contribution in [1.82, 2.24) is 0 Å². The van der Waals surface area contributed by atoms with E-state index >= 15 is 0 Å². The van der Waals surface area contributed by atoms with Crippen molar-refractivity contribution in [3.05, 3.63) is 24.3 Å². The van der Waals surface area contributed by atoms with Crippen molar-refractivity contribution in [3.63, 3.8) is 0 Å². The molecule has 106 valence electrons. The van der Waals surface area contributed by atoms with Crippen LogP contribution in [-0.2, 0) is 14.3 Å². The summed E-state index contributed by atoms with van der Waals surface area (Å²) in [6.07, 6.45) is 0.883. The molecular weight excluding hydrogens is 244 g/mol. The minimum atomic E-state index is -0.0530. The van der Waals surface area contributed by atoms with Gasteiger partial charge in [0.2, 0.25) is 0 Å². The number of ether oxygens (including phenoxy) is 2. The van der Waals surface area contributed by atoms with Crippen molar-refractivity contribution >= 4 is 17.3 Å². The highest BCUT2D eigenvalue weighted by Gasteiger charge is 2.14. The Balaban J connectivity index is 2.60. The molecule has 0 spiro atoms. The third-order valence-electron chi connectivity index (χ3n) is 2.61. The second-order valence-electron chi connectivity index (χ2n) is 4.18. The quantitative estimate of drug-likeness (QED) is 0.574. The molecule has 2 N–H and O–H groups in total. The standard InChI is InChI=1S/C14H22N2O3/c1-3-8-16(13-6-4-12(15)5-7-13)14(17)11-19-10-9-18-2/h4-7H,3,8-11,15H2,1-2H3. The van der Waals surface area contributed by atoms with E-state index in [4.69, 9.17) is 15.2 Å². The molecule has 1 rings (SSSR count). The molecule has 0 unspecified atom stereocenters. The molecule has 0 aliphatic heterocycles. The van der Waals surface area contributed by atoms with Gasteiger partial charge in [0.05, 0.1) is 13.2 Å². The van der Waals surface area contributed by atoms with Gasteiger partial charge in [-0.1, -0.05) is 6.92 Å². The highest BCUT2D eigenvalue weighted by atomic mass is 16.5. The van der Waals surface area contributed by atoms with Gasteiger partial charge in [0.25, 0.3) is 5.91 Å². The van der Waals surface area contributed by atoms with Gasteiger partial charge in [0, 0.05) is 25.0 Å². The molecular formula is C14H22N2O3. The minimum absolute atomic E-state index is 0.0530. The number of nitrogen functional groups attached to an aromatic ring is 1. The first kappa shape index (κ1) is 15.5. The normalized spacial score (nSPS) is 10.4. The zero-order valence-corrected chi connectivity index (χ0v) is 11.6. The topological polar surface area (TPSA) is 64.8 Å². The summed E-state index contributed by atoms with van der Waals surface area (Å²) in [5, 5.41) is 0. The fourth-order valence-corrected chi connectivity index (χ4v) is 1.66. The minimum Gasteiger partial charge on any atom is -0.399 e. The lowest BCUT2D eigenvalue weighted by molar-refractivity contribution is -0.123. The monoisotopic (exact) mass is 266 g/mol. The number of anilines is 2. The molecule has 0 bridgehead atoms. The lowest BCUT2D eigenvalue weighted by atomic mass is 10.2. The summed E-state index contributed by atoms with van der Waals surface area (Å²) < 4.78 is 10.1. The van der Waals surface area contributed by atoms with Crippen molar-refractivity contribution < 1.29 is 14.3 Å². The van der Waals surface area contributed by atoms with Crippen molar-refractivity contribution in [2.75, 3.05) is 44.1 Å². The van der Waals surface area contributed by atoms with Crippen molar-refractivity contribution in [2.24, 2.45) is 0 Å². The van der Waals surface area contributed by atoms with Gasteiger partial charge in [0.1, 0.15) is 6.61 Å². The Morgan fingerprint density at radius 2 is 1.95 bits per heavy atom. The summed E-state index contributed by atoms with van der Waals surface area (Å²) in [5.41, 5.74) is 7.18. The van der Waals surface area contributed by atoms with E-state index in [0.717, 1.165) is 12.1 Å². The number of hydrogen-bond donors (Lipinski definition) is 1. The van der Waals surface area contributed by atoms with Gasteiger partial charge in [-0.3, -0.25) is 4.79 Å². The van der Waals surface area contributed by atoms with Crippen LogP contribution in [0.3, 0.4) is 0 Å². The predicted octanol–water partition coefficient (Wildman–Crippen LogP) is 1.67. The summed E-state index contributed by atoms with van der Waals surface area (Å²) in [7, 11) is 1.60. The first-order chi connectivity index (χ1) is 9.19. The first-order valence-electron chi connectivity index (χ1n) is 6.41. The van der Waals surface area contributed by atoms with Crippen LogP contribution in [0.2, 0.25) is 0 Å². The molecule has 0 radical (unpaired) electrons. The molecule has 0 heterocycles. The number of amides is 1. The number of methoxy groups -OCH3 is 1. The van der Waals surface area contributed by atoms with E-state index in [2.05, 4.69) is 0 Å². The van der Waals surface area contributed by atoms with E-state index in [0.29, 0.717) is 25.4 Å². The Kier molecular flexibility index (Phi) is 6.92. The van der Waals surface area contributed by atoms with Crippen molar-refractivity contribution in [2.45, 2.75) is 13.3 Å². The highest BCUT2D eigenvalue weighted by molar-refractivity contribution is 5.94.